The maximum absolute atomic E-state index is 12.1. The van der Waals surface area contributed by atoms with Gasteiger partial charge in [-0.25, -0.2) is 12.7 Å². The SMILES string of the molecule is CCCCN(C)S(=O)(=O)c1ccc([N+](=O)[O-])cc1. The van der Waals surface area contributed by atoms with E-state index in [4.69, 9.17) is 0 Å². The van der Waals surface area contributed by atoms with Crippen molar-refractivity contribution in [3.63, 3.8) is 0 Å². The van der Waals surface area contributed by atoms with Crippen LogP contribution in [0.2, 0.25) is 0 Å². The zero-order chi connectivity index (χ0) is 13.8. The summed E-state index contributed by atoms with van der Waals surface area (Å²) < 4.78 is 25.4. The van der Waals surface area contributed by atoms with E-state index in [9.17, 15) is 18.5 Å². The van der Waals surface area contributed by atoms with Crippen LogP contribution in [0.25, 0.3) is 0 Å². The lowest BCUT2D eigenvalue weighted by atomic mass is 10.3. The molecule has 0 aliphatic rings. The summed E-state index contributed by atoms with van der Waals surface area (Å²) in [6.07, 6.45) is 1.68. The third-order valence-corrected chi connectivity index (χ3v) is 4.45. The molecule has 0 radical (unpaired) electrons. The van der Waals surface area contributed by atoms with Crippen LogP contribution in [0.5, 0.6) is 0 Å². The lowest BCUT2D eigenvalue weighted by Crippen LogP contribution is -2.27. The van der Waals surface area contributed by atoms with Crippen LogP contribution in [0.3, 0.4) is 0 Å². The molecular weight excluding hydrogens is 256 g/mol. The van der Waals surface area contributed by atoms with Crippen LogP contribution in [-0.2, 0) is 10.0 Å². The highest BCUT2D eigenvalue weighted by Gasteiger charge is 2.20. The van der Waals surface area contributed by atoms with Crippen molar-refractivity contribution in [3.8, 4) is 0 Å². The van der Waals surface area contributed by atoms with Gasteiger partial charge in [0.15, 0.2) is 0 Å². The highest BCUT2D eigenvalue weighted by Crippen LogP contribution is 2.18. The summed E-state index contributed by atoms with van der Waals surface area (Å²) in [5.74, 6) is 0. The molecule has 7 heteroatoms. The van der Waals surface area contributed by atoms with Gasteiger partial charge in [-0.15, -0.1) is 0 Å². The van der Waals surface area contributed by atoms with Crippen molar-refractivity contribution in [2.75, 3.05) is 13.6 Å². The molecule has 1 aromatic carbocycles. The van der Waals surface area contributed by atoms with Crippen LogP contribution in [0.1, 0.15) is 19.8 Å². The van der Waals surface area contributed by atoms with E-state index in [-0.39, 0.29) is 10.6 Å². The van der Waals surface area contributed by atoms with E-state index in [2.05, 4.69) is 0 Å². The predicted molar refractivity (Wildman–Crippen MR) is 67.8 cm³/mol. The number of sulfonamides is 1. The van der Waals surface area contributed by atoms with Crippen molar-refractivity contribution in [2.45, 2.75) is 24.7 Å². The Balaban J connectivity index is 2.94. The standard InChI is InChI=1S/C11H16N2O4S/c1-3-4-9-12(2)18(16,17)11-7-5-10(6-8-11)13(14)15/h5-8H,3-4,9H2,1-2H3. The normalized spacial score (nSPS) is 11.7. The van der Waals surface area contributed by atoms with Gasteiger partial charge >= 0.3 is 0 Å². The van der Waals surface area contributed by atoms with E-state index >= 15 is 0 Å². The molecule has 100 valence electrons. The molecule has 0 aliphatic carbocycles. The molecule has 6 nitrogen and oxygen atoms in total. The van der Waals surface area contributed by atoms with E-state index in [1.807, 2.05) is 6.92 Å². The molecule has 18 heavy (non-hydrogen) atoms. The minimum atomic E-state index is -3.54. The van der Waals surface area contributed by atoms with E-state index in [1.165, 1.54) is 35.6 Å². The lowest BCUT2D eigenvalue weighted by Gasteiger charge is -2.16. The Morgan fingerprint density at radius 1 is 1.28 bits per heavy atom. The molecular formula is C11H16N2O4S. The first-order valence-corrected chi connectivity index (χ1v) is 7.04. The zero-order valence-electron chi connectivity index (χ0n) is 10.4. The number of non-ortho nitro benzene ring substituents is 1. The first-order valence-electron chi connectivity index (χ1n) is 5.60. The fraction of sp³-hybridized carbons (Fsp3) is 0.455. The second kappa shape index (κ2) is 5.92. The topological polar surface area (TPSA) is 80.5 Å². The van der Waals surface area contributed by atoms with Crippen molar-refractivity contribution in [1.29, 1.82) is 0 Å². The summed E-state index contributed by atoms with van der Waals surface area (Å²) in [6, 6.07) is 4.91. The first kappa shape index (κ1) is 14.6. The van der Waals surface area contributed by atoms with Crippen LogP contribution in [0, 0.1) is 10.1 Å². The van der Waals surface area contributed by atoms with Gasteiger partial charge in [0.1, 0.15) is 0 Å². The number of unbranched alkanes of at least 4 members (excludes halogenated alkanes) is 1. The molecule has 0 spiro atoms. The van der Waals surface area contributed by atoms with Crippen molar-refractivity contribution in [2.24, 2.45) is 0 Å². The highest BCUT2D eigenvalue weighted by atomic mass is 32.2. The summed E-state index contributed by atoms with van der Waals surface area (Å²) in [7, 11) is -2.04. The van der Waals surface area contributed by atoms with Crippen LogP contribution < -0.4 is 0 Å². The highest BCUT2D eigenvalue weighted by molar-refractivity contribution is 7.89. The monoisotopic (exact) mass is 272 g/mol. The minimum absolute atomic E-state index is 0.0757. The zero-order valence-corrected chi connectivity index (χ0v) is 11.2. The number of nitro groups is 1. The van der Waals surface area contributed by atoms with Crippen molar-refractivity contribution in [3.05, 3.63) is 34.4 Å². The maximum Gasteiger partial charge on any atom is 0.269 e. The van der Waals surface area contributed by atoms with Crippen molar-refractivity contribution in [1.82, 2.24) is 4.31 Å². The van der Waals surface area contributed by atoms with E-state index in [0.29, 0.717) is 6.54 Å². The molecule has 0 N–H and O–H groups in total. The number of rotatable bonds is 6. The van der Waals surface area contributed by atoms with Crippen LogP contribution >= 0.6 is 0 Å². The van der Waals surface area contributed by atoms with Gasteiger partial charge in [0.2, 0.25) is 10.0 Å². The Kier molecular flexibility index (Phi) is 4.80. The van der Waals surface area contributed by atoms with Gasteiger partial charge < -0.3 is 0 Å². The van der Waals surface area contributed by atoms with Gasteiger partial charge in [0.05, 0.1) is 9.82 Å². The molecule has 0 heterocycles. The molecule has 0 aliphatic heterocycles. The van der Waals surface area contributed by atoms with E-state index in [0.717, 1.165) is 12.8 Å². The average molecular weight is 272 g/mol. The molecule has 1 aromatic rings. The van der Waals surface area contributed by atoms with Gasteiger partial charge in [-0.2, -0.15) is 0 Å². The largest absolute Gasteiger partial charge is 0.269 e. The van der Waals surface area contributed by atoms with E-state index in [1.54, 1.807) is 0 Å². The number of nitrogens with zero attached hydrogens (tertiary/aromatic N) is 2. The first-order chi connectivity index (χ1) is 8.39. The van der Waals surface area contributed by atoms with Crippen LogP contribution in [0.4, 0.5) is 5.69 Å². The fourth-order valence-corrected chi connectivity index (χ4v) is 2.63. The Bertz CT molecular complexity index is 510. The second-order valence-electron chi connectivity index (χ2n) is 3.93. The maximum atomic E-state index is 12.1. The summed E-state index contributed by atoms with van der Waals surface area (Å²) in [5, 5.41) is 10.5. The number of nitro benzene ring substituents is 1. The Hall–Kier alpha value is -1.47. The summed E-state index contributed by atoms with van der Waals surface area (Å²) in [6.45, 7) is 2.42. The molecule has 0 aromatic heterocycles. The number of hydrogen-bond acceptors (Lipinski definition) is 4. The van der Waals surface area contributed by atoms with Crippen LogP contribution in [-0.4, -0.2) is 31.2 Å². The third kappa shape index (κ3) is 3.27. The van der Waals surface area contributed by atoms with Crippen molar-refractivity contribution >= 4 is 15.7 Å². The Morgan fingerprint density at radius 2 is 1.83 bits per heavy atom. The molecule has 0 amide bonds. The second-order valence-corrected chi connectivity index (χ2v) is 5.98. The summed E-state index contributed by atoms with van der Waals surface area (Å²) in [4.78, 5) is 10.0. The van der Waals surface area contributed by atoms with Gasteiger partial charge in [-0.3, -0.25) is 10.1 Å². The number of benzene rings is 1. The predicted octanol–water partition coefficient (Wildman–Crippen LogP) is 2.02. The van der Waals surface area contributed by atoms with Gasteiger partial charge in [-0.1, -0.05) is 13.3 Å². The molecule has 0 saturated heterocycles. The smallest absolute Gasteiger partial charge is 0.258 e. The minimum Gasteiger partial charge on any atom is -0.258 e. The molecule has 0 bridgehead atoms. The van der Waals surface area contributed by atoms with Gasteiger partial charge in [-0.05, 0) is 18.6 Å². The van der Waals surface area contributed by atoms with E-state index < -0.39 is 14.9 Å². The molecule has 0 unspecified atom stereocenters. The lowest BCUT2D eigenvalue weighted by molar-refractivity contribution is -0.384. The summed E-state index contributed by atoms with van der Waals surface area (Å²) >= 11 is 0. The Morgan fingerprint density at radius 3 is 2.28 bits per heavy atom. The Labute approximate surface area is 106 Å². The van der Waals surface area contributed by atoms with Gasteiger partial charge in [0.25, 0.3) is 5.69 Å². The third-order valence-electron chi connectivity index (χ3n) is 2.58. The van der Waals surface area contributed by atoms with Crippen molar-refractivity contribution < 1.29 is 13.3 Å². The quantitative estimate of drug-likeness (QED) is 0.586. The fourth-order valence-electron chi connectivity index (χ4n) is 1.42. The molecule has 0 fully saturated rings. The van der Waals surface area contributed by atoms with Crippen LogP contribution in [0.15, 0.2) is 29.2 Å². The average Bonchev–Trinajstić information content (AvgIpc) is 2.35. The number of hydrogen-bond donors (Lipinski definition) is 0. The molecule has 0 atom stereocenters. The molecule has 1 rings (SSSR count). The summed E-state index contributed by atoms with van der Waals surface area (Å²) in [5.41, 5.74) is -0.120. The molecule has 0 saturated carbocycles. The van der Waals surface area contributed by atoms with Gasteiger partial charge in [0, 0.05) is 25.7 Å².